The van der Waals surface area contributed by atoms with Crippen LogP contribution in [0.25, 0.3) is 11.0 Å². The summed E-state index contributed by atoms with van der Waals surface area (Å²) in [5.41, 5.74) is 3.43. The van der Waals surface area contributed by atoms with Crippen molar-refractivity contribution in [1.29, 1.82) is 0 Å². The van der Waals surface area contributed by atoms with Crippen molar-refractivity contribution in [3.63, 3.8) is 0 Å². The fraction of sp³-hybridized carbons (Fsp3) is 0.389. The Bertz CT molecular complexity index is 853. The van der Waals surface area contributed by atoms with Gasteiger partial charge >= 0.3 is 0 Å². The van der Waals surface area contributed by atoms with Crippen LogP contribution < -0.4 is 5.32 Å². The molecule has 0 bridgehead atoms. The Labute approximate surface area is 150 Å². The molecule has 4 heterocycles. The van der Waals surface area contributed by atoms with Crippen molar-refractivity contribution in [2.45, 2.75) is 32.2 Å². The second-order valence-electron chi connectivity index (χ2n) is 6.55. The van der Waals surface area contributed by atoms with E-state index in [1.807, 2.05) is 18.5 Å². The summed E-state index contributed by atoms with van der Waals surface area (Å²) >= 11 is 1.55. The third-order valence-electron chi connectivity index (χ3n) is 4.57. The van der Waals surface area contributed by atoms with Gasteiger partial charge in [0.2, 0.25) is 5.91 Å². The molecule has 1 saturated heterocycles. The third-order valence-corrected chi connectivity index (χ3v) is 5.47. The first-order valence-corrected chi connectivity index (χ1v) is 9.37. The predicted molar refractivity (Wildman–Crippen MR) is 99.8 cm³/mol. The number of piperidine rings is 1. The van der Waals surface area contributed by atoms with E-state index >= 15 is 0 Å². The zero-order valence-electron chi connectivity index (χ0n) is 14.2. The van der Waals surface area contributed by atoms with E-state index in [-0.39, 0.29) is 5.91 Å². The first-order chi connectivity index (χ1) is 12.2. The maximum Gasteiger partial charge on any atom is 0.223 e. The van der Waals surface area contributed by atoms with Crippen LogP contribution in [0.1, 0.15) is 36.3 Å². The third kappa shape index (κ3) is 3.72. The molecule has 0 radical (unpaired) electrons. The van der Waals surface area contributed by atoms with Crippen molar-refractivity contribution >= 4 is 33.4 Å². The largest absolute Gasteiger partial charge is 0.357 e. The number of aromatic amines is 1. The number of likely N-dealkylation sites (tertiary alicyclic amines) is 1. The van der Waals surface area contributed by atoms with Crippen LogP contribution in [0, 0.1) is 0 Å². The van der Waals surface area contributed by atoms with Gasteiger partial charge in [0.05, 0.1) is 11.0 Å². The van der Waals surface area contributed by atoms with Crippen LogP contribution in [0.4, 0.5) is 5.13 Å². The lowest BCUT2D eigenvalue weighted by Crippen LogP contribution is -2.33. The molecule has 0 aromatic carbocycles. The van der Waals surface area contributed by atoms with Gasteiger partial charge in [0.15, 0.2) is 5.13 Å². The number of H-pyrrole nitrogens is 1. The summed E-state index contributed by atoms with van der Waals surface area (Å²) in [5, 5.41) is 3.43. The summed E-state index contributed by atoms with van der Waals surface area (Å²) in [7, 11) is 0. The monoisotopic (exact) mass is 355 g/mol. The second-order valence-corrected chi connectivity index (χ2v) is 7.66. The summed E-state index contributed by atoms with van der Waals surface area (Å²) in [6, 6.07) is 6.23. The molecule has 1 aliphatic heterocycles. The van der Waals surface area contributed by atoms with Crippen LogP contribution in [0.15, 0.2) is 30.6 Å². The minimum Gasteiger partial charge on any atom is -0.357 e. The number of fused-ring (bicyclic) bond motifs is 1. The lowest BCUT2D eigenvalue weighted by molar-refractivity contribution is -0.114. The smallest absolute Gasteiger partial charge is 0.223 e. The van der Waals surface area contributed by atoms with E-state index in [1.54, 1.807) is 11.3 Å². The molecule has 1 atom stereocenters. The molecule has 1 unspecified atom stereocenters. The molecule has 7 heteroatoms. The summed E-state index contributed by atoms with van der Waals surface area (Å²) < 4.78 is 0. The summed E-state index contributed by atoms with van der Waals surface area (Å²) in [4.78, 5) is 27.0. The van der Waals surface area contributed by atoms with Gasteiger partial charge in [-0.2, -0.15) is 0 Å². The number of amides is 1. The van der Waals surface area contributed by atoms with Crippen LogP contribution in [-0.4, -0.2) is 38.8 Å². The standard InChI is InChI=1S/C18H21N5OS/c1-12(24)21-18-20-9-14(25-18)11-23-7-3-4-13(10-23)16-8-17-15(22-16)5-2-6-19-17/h2,5-6,8-9,13,22H,3-4,7,10-11H2,1H3,(H,20,21,24). The highest BCUT2D eigenvalue weighted by molar-refractivity contribution is 7.15. The summed E-state index contributed by atoms with van der Waals surface area (Å²) in [5.74, 6) is 0.428. The number of pyridine rings is 1. The van der Waals surface area contributed by atoms with E-state index in [9.17, 15) is 4.79 Å². The molecular formula is C18H21N5OS. The van der Waals surface area contributed by atoms with Gasteiger partial charge in [-0.15, -0.1) is 11.3 Å². The maximum atomic E-state index is 11.1. The molecule has 1 amide bonds. The van der Waals surface area contributed by atoms with Crippen LogP contribution in [0.2, 0.25) is 0 Å². The minimum absolute atomic E-state index is 0.0774. The average molecular weight is 355 g/mol. The van der Waals surface area contributed by atoms with Crippen LogP contribution in [-0.2, 0) is 11.3 Å². The highest BCUT2D eigenvalue weighted by atomic mass is 32.1. The number of nitrogens with one attached hydrogen (secondary N) is 2. The Morgan fingerprint density at radius 3 is 3.24 bits per heavy atom. The number of rotatable bonds is 4. The van der Waals surface area contributed by atoms with Crippen LogP contribution >= 0.6 is 11.3 Å². The Kier molecular flexibility index (Phi) is 4.50. The van der Waals surface area contributed by atoms with Gasteiger partial charge in [0.25, 0.3) is 0 Å². The zero-order chi connectivity index (χ0) is 17.2. The van der Waals surface area contributed by atoms with Gasteiger partial charge < -0.3 is 10.3 Å². The van der Waals surface area contributed by atoms with Crippen molar-refractivity contribution in [2.75, 3.05) is 18.4 Å². The van der Waals surface area contributed by atoms with E-state index < -0.39 is 0 Å². The van der Waals surface area contributed by atoms with Crippen molar-refractivity contribution in [3.05, 3.63) is 41.2 Å². The molecule has 130 valence electrons. The SMILES string of the molecule is CC(=O)Nc1ncc(CN2CCCC(c3cc4ncccc4[nH]3)C2)s1. The van der Waals surface area contributed by atoms with Gasteiger partial charge in [0, 0.05) is 48.9 Å². The van der Waals surface area contributed by atoms with Crippen molar-refractivity contribution < 1.29 is 4.79 Å². The maximum absolute atomic E-state index is 11.1. The fourth-order valence-corrected chi connectivity index (χ4v) is 4.36. The van der Waals surface area contributed by atoms with Gasteiger partial charge in [-0.25, -0.2) is 4.98 Å². The normalized spacial score (nSPS) is 18.5. The topological polar surface area (TPSA) is 73.9 Å². The van der Waals surface area contributed by atoms with Gasteiger partial charge in [-0.3, -0.25) is 14.7 Å². The quantitative estimate of drug-likeness (QED) is 0.753. The Morgan fingerprint density at radius 2 is 2.40 bits per heavy atom. The van der Waals surface area contributed by atoms with Gasteiger partial charge in [0.1, 0.15) is 0 Å². The Balaban J connectivity index is 1.43. The molecule has 2 N–H and O–H groups in total. The average Bonchev–Trinajstić information content (AvgIpc) is 3.21. The number of anilines is 1. The van der Waals surface area contributed by atoms with Crippen molar-refractivity contribution in [3.8, 4) is 0 Å². The summed E-state index contributed by atoms with van der Waals surface area (Å²) in [6.07, 6.45) is 6.09. The van der Waals surface area contributed by atoms with E-state index in [2.05, 4.69) is 37.3 Å². The number of hydrogen-bond donors (Lipinski definition) is 2. The van der Waals surface area contributed by atoms with E-state index in [0.29, 0.717) is 11.0 Å². The molecule has 6 nitrogen and oxygen atoms in total. The lowest BCUT2D eigenvalue weighted by Gasteiger charge is -2.31. The van der Waals surface area contributed by atoms with E-state index in [4.69, 9.17) is 0 Å². The first kappa shape index (κ1) is 16.2. The molecule has 0 aliphatic carbocycles. The molecular weight excluding hydrogens is 334 g/mol. The number of aromatic nitrogens is 3. The van der Waals surface area contributed by atoms with Crippen LogP contribution in [0.5, 0.6) is 0 Å². The molecule has 1 aliphatic rings. The molecule has 1 fully saturated rings. The minimum atomic E-state index is -0.0774. The molecule has 25 heavy (non-hydrogen) atoms. The highest BCUT2D eigenvalue weighted by Crippen LogP contribution is 2.30. The molecule has 0 spiro atoms. The molecule has 0 saturated carbocycles. The van der Waals surface area contributed by atoms with Crippen molar-refractivity contribution in [1.82, 2.24) is 19.9 Å². The zero-order valence-corrected chi connectivity index (χ0v) is 15.0. The summed E-state index contributed by atoms with van der Waals surface area (Å²) in [6.45, 7) is 4.51. The fourth-order valence-electron chi connectivity index (χ4n) is 3.46. The second kappa shape index (κ2) is 6.93. The Hall–Kier alpha value is -2.25. The molecule has 3 aromatic rings. The predicted octanol–water partition coefficient (Wildman–Crippen LogP) is 3.36. The Morgan fingerprint density at radius 1 is 1.48 bits per heavy atom. The van der Waals surface area contributed by atoms with Crippen molar-refractivity contribution in [2.24, 2.45) is 0 Å². The first-order valence-electron chi connectivity index (χ1n) is 8.55. The highest BCUT2D eigenvalue weighted by Gasteiger charge is 2.23. The van der Waals surface area contributed by atoms with Crippen LogP contribution in [0.3, 0.4) is 0 Å². The number of hydrogen-bond acceptors (Lipinski definition) is 5. The number of carbonyl (C=O) groups is 1. The molecule has 4 rings (SSSR count). The van der Waals surface area contributed by atoms with E-state index in [1.165, 1.54) is 30.3 Å². The van der Waals surface area contributed by atoms with Gasteiger partial charge in [-0.1, -0.05) is 0 Å². The number of nitrogens with zero attached hydrogens (tertiary/aromatic N) is 3. The lowest BCUT2D eigenvalue weighted by atomic mass is 9.95. The van der Waals surface area contributed by atoms with Gasteiger partial charge in [-0.05, 0) is 37.6 Å². The molecule has 3 aromatic heterocycles. The van der Waals surface area contributed by atoms with E-state index in [0.717, 1.165) is 30.7 Å². The number of carbonyl (C=O) groups excluding carboxylic acids is 1. The number of thiazole rings is 1.